The van der Waals surface area contributed by atoms with E-state index in [0.717, 1.165) is 11.1 Å². The SMILES string of the molecule is COc1c(C)cc(C)c(Br)c1C(=O)O. The first kappa shape index (κ1) is 11.0. The molecule has 0 unspecified atom stereocenters. The molecule has 0 radical (unpaired) electrons. The van der Waals surface area contributed by atoms with Crippen LogP contribution in [-0.2, 0) is 0 Å². The second kappa shape index (κ2) is 4.00. The number of halogens is 1. The third kappa shape index (κ3) is 1.75. The van der Waals surface area contributed by atoms with E-state index in [0.29, 0.717) is 10.2 Å². The molecule has 0 spiro atoms. The van der Waals surface area contributed by atoms with Gasteiger partial charge in [0.1, 0.15) is 11.3 Å². The molecule has 1 aromatic rings. The van der Waals surface area contributed by atoms with E-state index in [9.17, 15) is 4.79 Å². The quantitative estimate of drug-likeness (QED) is 0.888. The van der Waals surface area contributed by atoms with Crippen LogP contribution in [0.5, 0.6) is 5.75 Å². The first-order chi connectivity index (χ1) is 6.49. The fraction of sp³-hybridized carbons (Fsp3) is 0.300. The lowest BCUT2D eigenvalue weighted by molar-refractivity contribution is 0.0692. The Morgan fingerprint density at radius 1 is 1.43 bits per heavy atom. The maximum atomic E-state index is 11.0. The number of ether oxygens (including phenoxy) is 1. The van der Waals surface area contributed by atoms with Crippen molar-refractivity contribution in [3.05, 3.63) is 27.2 Å². The zero-order valence-electron chi connectivity index (χ0n) is 8.22. The van der Waals surface area contributed by atoms with Crippen LogP contribution in [0.2, 0.25) is 0 Å². The summed E-state index contributed by atoms with van der Waals surface area (Å²) in [7, 11) is 1.47. The summed E-state index contributed by atoms with van der Waals surface area (Å²) in [6.07, 6.45) is 0. The van der Waals surface area contributed by atoms with E-state index in [1.165, 1.54) is 7.11 Å². The summed E-state index contributed by atoms with van der Waals surface area (Å²) >= 11 is 3.25. The molecular formula is C10H11BrO3. The number of carboxylic acids is 1. The topological polar surface area (TPSA) is 46.5 Å². The predicted molar refractivity (Wildman–Crippen MR) is 57.1 cm³/mol. The molecule has 0 aromatic heterocycles. The zero-order valence-corrected chi connectivity index (χ0v) is 9.81. The predicted octanol–water partition coefficient (Wildman–Crippen LogP) is 2.77. The van der Waals surface area contributed by atoms with E-state index in [1.54, 1.807) is 0 Å². The molecule has 0 aliphatic rings. The highest BCUT2D eigenvalue weighted by Crippen LogP contribution is 2.33. The summed E-state index contributed by atoms with van der Waals surface area (Å²) in [5.41, 5.74) is 1.90. The average molecular weight is 259 g/mol. The van der Waals surface area contributed by atoms with Gasteiger partial charge in [-0.25, -0.2) is 4.79 Å². The molecular weight excluding hydrogens is 248 g/mol. The fourth-order valence-electron chi connectivity index (χ4n) is 1.40. The van der Waals surface area contributed by atoms with Gasteiger partial charge in [0.25, 0.3) is 0 Å². The molecule has 0 aliphatic carbocycles. The van der Waals surface area contributed by atoms with Crippen molar-refractivity contribution in [2.45, 2.75) is 13.8 Å². The van der Waals surface area contributed by atoms with E-state index in [4.69, 9.17) is 9.84 Å². The standard InChI is InChI=1S/C10H11BrO3/c1-5-4-6(2)9(14-3)7(8(5)11)10(12)13/h4H,1-3H3,(H,12,13). The Balaban J connectivity index is 3.56. The first-order valence-electron chi connectivity index (χ1n) is 4.06. The van der Waals surface area contributed by atoms with E-state index in [-0.39, 0.29) is 5.56 Å². The number of carbonyl (C=O) groups is 1. The maximum absolute atomic E-state index is 11.0. The van der Waals surface area contributed by atoms with Crippen LogP contribution in [-0.4, -0.2) is 18.2 Å². The highest BCUT2D eigenvalue weighted by molar-refractivity contribution is 9.10. The second-order valence-electron chi connectivity index (χ2n) is 3.04. The van der Waals surface area contributed by atoms with Gasteiger partial charge >= 0.3 is 5.97 Å². The number of hydrogen-bond donors (Lipinski definition) is 1. The third-order valence-electron chi connectivity index (χ3n) is 2.00. The Morgan fingerprint density at radius 3 is 2.43 bits per heavy atom. The van der Waals surface area contributed by atoms with Crippen molar-refractivity contribution in [3.8, 4) is 5.75 Å². The molecule has 0 aliphatic heterocycles. The monoisotopic (exact) mass is 258 g/mol. The van der Waals surface area contributed by atoms with Crippen LogP contribution in [0.25, 0.3) is 0 Å². The number of benzene rings is 1. The molecule has 76 valence electrons. The molecule has 0 atom stereocenters. The van der Waals surface area contributed by atoms with Gasteiger partial charge in [-0.3, -0.25) is 0 Å². The van der Waals surface area contributed by atoms with Crippen LogP contribution < -0.4 is 4.74 Å². The molecule has 1 rings (SSSR count). The van der Waals surface area contributed by atoms with Crippen LogP contribution in [0.15, 0.2) is 10.5 Å². The molecule has 0 amide bonds. The average Bonchev–Trinajstić information content (AvgIpc) is 2.10. The normalized spacial score (nSPS) is 10.0. The van der Waals surface area contributed by atoms with Gasteiger partial charge in [0.15, 0.2) is 0 Å². The second-order valence-corrected chi connectivity index (χ2v) is 3.83. The van der Waals surface area contributed by atoms with Crippen molar-refractivity contribution >= 4 is 21.9 Å². The van der Waals surface area contributed by atoms with Crippen LogP contribution >= 0.6 is 15.9 Å². The summed E-state index contributed by atoms with van der Waals surface area (Å²) in [6, 6.07) is 1.88. The Labute approximate surface area is 90.8 Å². The number of rotatable bonds is 2. The van der Waals surface area contributed by atoms with Crippen molar-refractivity contribution in [2.75, 3.05) is 7.11 Å². The van der Waals surface area contributed by atoms with E-state index >= 15 is 0 Å². The minimum absolute atomic E-state index is 0.185. The first-order valence-corrected chi connectivity index (χ1v) is 4.85. The van der Waals surface area contributed by atoms with E-state index in [2.05, 4.69) is 15.9 Å². The lowest BCUT2D eigenvalue weighted by Gasteiger charge is -2.12. The number of aromatic carboxylic acids is 1. The van der Waals surface area contributed by atoms with Crippen molar-refractivity contribution in [3.63, 3.8) is 0 Å². The minimum atomic E-state index is -0.986. The van der Waals surface area contributed by atoms with Crippen LogP contribution in [0.3, 0.4) is 0 Å². The largest absolute Gasteiger partial charge is 0.496 e. The highest BCUT2D eigenvalue weighted by atomic mass is 79.9. The van der Waals surface area contributed by atoms with E-state index in [1.807, 2.05) is 19.9 Å². The molecule has 0 saturated carbocycles. The molecule has 0 heterocycles. The van der Waals surface area contributed by atoms with Crippen molar-refractivity contribution in [1.82, 2.24) is 0 Å². The van der Waals surface area contributed by atoms with Gasteiger partial charge in [0.05, 0.1) is 7.11 Å². The zero-order chi connectivity index (χ0) is 10.9. The van der Waals surface area contributed by atoms with Gasteiger partial charge < -0.3 is 9.84 Å². The summed E-state index contributed by atoms with van der Waals surface area (Å²) in [5, 5.41) is 9.02. The number of methoxy groups -OCH3 is 1. The fourth-order valence-corrected chi connectivity index (χ4v) is 1.87. The Bertz CT molecular complexity index is 385. The summed E-state index contributed by atoms with van der Waals surface area (Å²) in [4.78, 5) is 11.0. The Hall–Kier alpha value is -1.03. The summed E-state index contributed by atoms with van der Waals surface area (Å²) in [5.74, 6) is -0.574. The van der Waals surface area contributed by atoms with E-state index < -0.39 is 5.97 Å². The molecule has 0 fully saturated rings. The van der Waals surface area contributed by atoms with Gasteiger partial charge in [-0.1, -0.05) is 6.07 Å². The summed E-state index contributed by atoms with van der Waals surface area (Å²) < 4.78 is 5.64. The number of hydrogen-bond acceptors (Lipinski definition) is 2. The highest BCUT2D eigenvalue weighted by Gasteiger charge is 2.19. The van der Waals surface area contributed by atoms with Crippen LogP contribution in [0, 0.1) is 13.8 Å². The Morgan fingerprint density at radius 2 is 2.00 bits per heavy atom. The molecule has 4 heteroatoms. The lowest BCUT2D eigenvalue weighted by Crippen LogP contribution is -2.04. The number of carboxylic acid groups (broad SMARTS) is 1. The smallest absolute Gasteiger partial charge is 0.340 e. The molecule has 3 nitrogen and oxygen atoms in total. The summed E-state index contributed by atoms with van der Waals surface area (Å²) in [6.45, 7) is 3.67. The molecule has 0 saturated heterocycles. The van der Waals surface area contributed by atoms with Gasteiger partial charge in [0, 0.05) is 4.47 Å². The van der Waals surface area contributed by atoms with Crippen molar-refractivity contribution in [2.24, 2.45) is 0 Å². The minimum Gasteiger partial charge on any atom is -0.496 e. The van der Waals surface area contributed by atoms with Crippen molar-refractivity contribution < 1.29 is 14.6 Å². The van der Waals surface area contributed by atoms with Crippen molar-refractivity contribution in [1.29, 1.82) is 0 Å². The van der Waals surface area contributed by atoms with Gasteiger partial charge in [-0.15, -0.1) is 0 Å². The number of aryl methyl sites for hydroxylation is 2. The van der Waals surface area contributed by atoms with Gasteiger partial charge in [-0.05, 0) is 40.9 Å². The molecule has 0 bridgehead atoms. The molecule has 1 N–H and O–H groups in total. The molecule has 1 aromatic carbocycles. The Kier molecular flexibility index (Phi) is 3.16. The van der Waals surface area contributed by atoms with Crippen LogP contribution in [0.4, 0.5) is 0 Å². The third-order valence-corrected chi connectivity index (χ3v) is 3.02. The molecule has 14 heavy (non-hydrogen) atoms. The van der Waals surface area contributed by atoms with Gasteiger partial charge in [-0.2, -0.15) is 0 Å². The van der Waals surface area contributed by atoms with Gasteiger partial charge in [0.2, 0.25) is 0 Å². The van der Waals surface area contributed by atoms with Crippen LogP contribution in [0.1, 0.15) is 21.5 Å². The maximum Gasteiger partial charge on any atom is 0.340 e. The lowest BCUT2D eigenvalue weighted by atomic mass is 10.1.